The van der Waals surface area contributed by atoms with E-state index < -0.39 is 0 Å². The SMILES string of the molecule is CCc1cc(C(=O)N[C@H](c2nnc3ccccn23)C(C)C)sc1C. The predicted octanol–water partition coefficient (Wildman–Crippen LogP) is 3.79. The Morgan fingerprint density at radius 2 is 2.12 bits per heavy atom. The number of aryl methyl sites for hydroxylation is 2. The third kappa shape index (κ3) is 3.06. The van der Waals surface area contributed by atoms with Crippen molar-refractivity contribution in [3.8, 4) is 0 Å². The molecule has 3 aromatic rings. The van der Waals surface area contributed by atoms with Gasteiger partial charge in [-0.15, -0.1) is 21.5 Å². The standard InChI is InChI=1S/C18H22N4OS/c1-5-13-10-14(24-12(13)4)18(23)19-16(11(2)3)17-21-20-15-8-6-7-9-22(15)17/h6-11,16H,5H2,1-4H3,(H,19,23)/t16-/m0/s1. The lowest BCUT2D eigenvalue weighted by atomic mass is 10.0. The minimum absolute atomic E-state index is 0.0471. The number of fused-ring (bicyclic) bond motifs is 1. The molecule has 24 heavy (non-hydrogen) atoms. The van der Waals surface area contributed by atoms with E-state index in [9.17, 15) is 4.79 Å². The number of aromatic nitrogens is 3. The van der Waals surface area contributed by atoms with E-state index in [0.717, 1.165) is 22.8 Å². The Kier molecular flexibility index (Phi) is 4.66. The Morgan fingerprint density at radius 1 is 1.33 bits per heavy atom. The first-order chi connectivity index (χ1) is 11.5. The summed E-state index contributed by atoms with van der Waals surface area (Å²) in [6.07, 6.45) is 2.87. The second kappa shape index (κ2) is 6.73. The van der Waals surface area contributed by atoms with Crippen molar-refractivity contribution in [2.75, 3.05) is 0 Å². The van der Waals surface area contributed by atoms with Gasteiger partial charge in [-0.05, 0) is 43.0 Å². The number of thiophene rings is 1. The number of carbonyl (C=O) groups excluding carboxylic acids is 1. The molecule has 0 aromatic carbocycles. The van der Waals surface area contributed by atoms with Gasteiger partial charge >= 0.3 is 0 Å². The van der Waals surface area contributed by atoms with Gasteiger partial charge in [0.25, 0.3) is 5.91 Å². The molecule has 1 amide bonds. The summed E-state index contributed by atoms with van der Waals surface area (Å²) in [5.74, 6) is 0.917. The van der Waals surface area contributed by atoms with Crippen LogP contribution in [0.25, 0.3) is 5.65 Å². The minimum atomic E-state index is -0.192. The van der Waals surface area contributed by atoms with E-state index in [0.29, 0.717) is 0 Å². The van der Waals surface area contributed by atoms with Gasteiger partial charge in [0.2, 0.25) is 0 Å². The molecule has 0 fully saturated rings. The van der Waals surface area contributed by atoms with Gasteiger partial charge in [0.05, 0.1) is 10.9 Å². The van der Waals surface area contributed by atoms with Crippen LogP contribution >= 0.6 is 11.3 Å². The first kappa shape index (κ1) is 16.6. The smallest absolute Gasteiger partial charge is 0.261 e. The summed E-state index contributed by atoms with van der Waals surface area (Å²) in [5, 5.41) is 11.6. The van der Waals surface area contributed by atoms with E-state index in [1.807, 2.05) is 34.9 Å². The van der Waals surface area contributed by atoms with Gasteiger partial charge in [0.1, 0.15) is 0 Å². The Hall–Kier alpha value is -2.21. The molecule has 5 nitrogen and oxygen atoms in total. The summed E-state index contributed by atoms with van der Waals surface area (Å²) in [4.78, 5) is 14.7. The summed E-state index contributed by atoms with van der Waals surface area (Å²) >= 11 is 1.55. The van der Waals surface area contributed by atoms with Crippen molar-refractivity contribution in [2.24, 2.45) is 5.92 Å². The fraction of sp³-hybridized carbons (Fsp3) is 0.389. The van der Waals surface area contributed by atoms with Crippen molar-refractivity contribution in [1.29, 1.82) is 0 Å². The van der Waals surface area contributed by atoms with Crippen LogP contribution < -0.4 is 5.32 Å². The molecule has 0 unspecified atom stereocenters. The number of hydrogen-bond donors (Lipinski definition) is 1. The zero-order chi connectivity index (χ0) is 17.3. The monoisotopic (exact) mass is 342 g/mol. The number of carbonyl (C=O) groups is 1. The first-order valence-electron chi connectivity index (χ1n) is 8.21. The molecule has 0 spiro atoms. The predicted molar refractivity (Wildman–Crippen MR) is 96.5 cm³/mol. The Morgan fingerprint density at radius 3 is 2.79 bits per heavy atom. The van der Waals surface area contributed by atoms with E-state index in [-0.39, 0.29) is 17.9 Å². The van der Waals surface area contributed by atoms with Crippen molar-refractivity contribution in [1.82, 2.24) is 19.9 Å². The quantitative estimate of drug-likeness (QED) is 0.767. The molecule has 6 heteroatoms. The molecular weight excluding hydrogens is 320 g/mol. The van der Waals surface area contributed by atoms with Crippen molar-refractivity contribution in [3.05, 3.63) is 51.6 Å². The average Bonchev–Trinajstić information content (AvgIpc) is 3.15. The highest BCUT2D eigenvalue weighted by Crippen LogP contribution is 2.25. The van der Waals surface area contributed by atoms with Crippen molar-refractivity contribution in [3.63, 3.8) is 0 Å². The molecule has 126 valence electrons. The number of pyridine rings is 1. The number of amides is 1. The topological polar surface area (TPSA) is 59.3 Å². The summed E-state index contributed by atoms with van der Waals surface area (Å²) in [6, 6.07) is 7.58. The largest absolute Gasteiger partial charge is 0.341 e. The fourth-order valence-electron chi connectivity index (χ4n) is 2.80. The highest BCUT2D eigenvalue weighted by Gasteiger charge is 2.25. The maximum absolute atomic E-state index is 12.7. The third-order valence-electron chi connectivity index (χ3n) is 4.20. The van der Waals surface area contributed by atoms with E-state index in [1.165, 1.54) is 10.4 Å². The number of nitrogens with zero attached hydrogens (tertiary/aromatic N) is 3. The molecule has 3 heterocycles. The molecule has 0 bridgehead atoms. The van der Waals surface area contributed by atoms with Crippen LogP contribution in [0.1, 0.15) is 52.7 Å². The van der Waals surface area contributed by atoms with Gasteiger partial charge < -0.3 is 5.32 Å². The van der Waals surface area contributed by atoms with Gasteiger partial charge in [-0.3, -0.25) is 9.20 Å². The van der Waals surface area contributed by atoms with E-state index >= 15 is 0 Å². The number of nitrogens with one attached hydrogen (secondary N) is 1. The van der Waals surface area contributed by atoms with Gasteiger partial charge in [-0.1, -0.05) is 26.8 Å². The molecule has 0 saturated carbocycles. The molecule has 0 aliphatic carbocycles. The second-order valence-electron chi connectivity index (χ2n) is 6.23. The van der Waals surface area contributed by atoms with Crippen LogP contribution in [0.5, 0.6) is 0 Å². The summed E-state index contributed by atoms with van der Waals surface area (Å²) < 4.78 is 1.93. The molecule has 0 radical (unpaired) electrons. The van der Waals surface area contributed by atoms with Gasteiger partial charge in [0.15, 0.2) is 11.5 Å². The van der Waals surface area contributed by atoms with Crippen LogP contribution in [0.3, 0.4) is 0 Å². The number of hydrogen-bond acceptors (Lipinski definition) is 4. The van der Waals surface area contributed by atoms with Crippen LogP contribution in [0.2, 0.25) is 0 Å². The summed E-state index contributed by atoms with van der Waals surface area (Å²) in [6.45, 7) is 8.32. The lowest BCUT2D eigenvalue weighted by molar-refractivity contribution is 0.0927. The molecule has 3 rings (SSSR count). The number of rotatable bonds is 5. The molecule has 1 N–H and O–H groups in total. The van der Waals surface area contributed by atoms with Gasteiger partial charge in [0, 0.05) is 11.1 Å². The fourth-order valence-corrected chi connectivity index (χ4v) is 3.81. The van der Waals surface area contributed by atoms with Gasteiger partial charge in [-0.2, -0.15) is 0 Å². The second-order valence-corrected chi connectivity index (χ2v) is 7.48. The van der Waals surface area contributed by atoms with Crippen LogP contribution in [-0.2, 0) is 6.42 Å². The zero-order valence-electron chi connectivity index (χ0n) is 14.4. The molecular formula is C18H22N4OS. The van der Waals surface area contributed by atoms with Gasteiger partial charge in [-0.25, -0.2) is 0 Å². The molecule has 0 saturated heterocycles. The third-order valence-corrected chi connectivity index (χ3v) is 5.29. The lowest BCUT2D eigenvalue weighted by Crippen LogP contribution is -2.32. The van der Waals surface area contributed by atoms with Crippen molar-refractivity contribution in [2.45, 2.75) is 40.2 Å². The highest BCUT2D eigenvalue weighted by molar-refractivity contribution is 7.14. The molecule has 3 aromatic heterocycles. The Balaban J connectivity index is 1.90. The molecule has 0 aliphatic heterocycles. The van der Waals surface area contributed by atoms with Crippen molar-refractivity contribution < 1.29 is 4.79 Å². The van der Waals surface area contributed by atoms with E-state index in [4.69, 9.17) is 0 Å². The summed E-state index contributed by atoms with van der Waals surface area (Å²) in [7, 11) is 0. The van der Waals surface area contributed by atoms with Crippen molar-refractivity contribution >= 4 is 22.9 Å². The molecule has 1 atom stereocenters. The maximum atomic E-state index is 12.7. The lowest BCUT2D eigenvalue weighted by Gasteiger charge is -2.20. The minimum Gasteiger partial charge on any atom is -0.341 e. The van der Waals surface area contributed by atoms with Crippen LogP contribution in [-0.4, -0.2) is 20.5 Å². The Bertz CT molecular complexity index is 865. The zero-order valence-corrected chi connectivity index (χ0v) is 15.2. The van der Waals surface area contributed by atoms with E-state index in [1.54, 1.807) is 11.3 Å². The van der Waals surface area contributed by atoms with Crippen LogP contribution in [0.15, 0.2) is 30.5 Å². The average molecular weight is 342 g/mol. The van der Waals surface area contributed by atoms with E-state index in [2.05, 4.69) is 43.2 Å². The van der Waals surface area contributed by atoms with Crippen LogP contribution in [0.4, 0.5) is 0 Å². The normalized spacial score (nSPS) is 12.7. The highest BCUT2D eigenvalue weighted by atomic mass is 32.1. The van der Waals surface area contributed by atoms with Crippen LogP contribution in [0, 0.1) is 12.8 Å². The Labute approximate surface area is 145 Å². The maximum Gasteiger partial charge on any atom is 0.261 e. The summed E-state index contributed by atoms with van der Waals surface area (Å²) in [5.41, 5.74) is 2.02. The first-order valence-corrected chi connectivity index (χ1v) is 9.02. The molecule has 0 aliphatic rings.